The van der Waals surface area contributed by atoms with E-state index in [0.717, 1.165) is 6.42 Å². The molecule has 15 heavy (non-hydrogen) atoms. The smallest absolute Gasteiger partial charge is 0.325 e. The van der Waals surface area contributed by atoms with E-state index in [1.165, 1.54) is 6.66 Å². The van der Waals surface area contributed by atoms with E-state index < -0.39 is 7.60 Å². The zero-order valence-corrected chi connectivity index (χ0v) is 10.3. The van der Waals surface area contributed by atoms with Crippen LogP contribution in [-0.4, -0.2) is 44.1 Å². The molecule has 0 spiro atoms. The van der Waals surface area contributed by atoms with Crippen molar-refractivity contribution in [2.45, 2.75) is 25.6 Å². The van der Waals surface area contributed by atoms with E-state index in [2.05, 4.69) is 0 Å². The fraction of sp³-hybridized carbons (Fsp3) is 1.00. The molecule has 1 aliphatic rings. The minimum absolute atomic E-state index is 0.244. The molecule has 0 aliphatic carbocycles. The lowest BCUT2D eigenvalue weighted by Gasteiger charge is -2.34. The maximum atomic E-state index is 11.2. The Morgan fingerprint density at radius 3 is 2.80 bits per heavy atom. The second kappa shape index (κ2) is 5.41. The predicted octanol–water partition coefficient (Wildman–Crippen LogP) is 1.26. The molecule has 6 heteroatoms. The minimum Gasteiger partial charge on any atom is -0.382 e. The molecule has 1 N–H and O–H groups in total. The van der Waals surface area contributed by atoms with Crippen molar-refractivity contribution in [1.82, 2.24) is 0 Å². The molecule has 5 nitrogen and oxygen atoms in total. The molecular formula is C9H19O5P. The monoisotopic (exact) mass is 238 g/mol. The van der Waals surface area contributed by atoms with Crippen molar-refractivity contribution in [2.24, 2.45) is 5.92 Å². The first-order valence-electron chi connectivity index (χ1n) is 5.01. The number of hydrogen-bond donors (Lipinski definition) is 1. The van der Waals surface area contributed by atoms with Crippen LogP contribution in [0.2, 0.25) is 0 Å². The van der Waals surface area contributed by atoms with Gasteiger partial charge >= 0.3 is 7.60 Å². The van der Waals surface area contributed by atoms with Gasteiger partial charge in [-0.05, 0) is 12.3 Å². The van der Waals surface area contributed by atoms with Gasteiger partial charge in [-0.2, -0.15) is 0 Å². The van der Waals surface area contributed by atoms with Crippen LogP contribution in [0.3, 0.4) is 0 Å². The van der Waals surface area contributed by atoms with E-state index in [9.17, 15) is 9.46 Å². The first-order valence-corrected chi connectivity index (χ1v) is 7.04. The molecular weight excluding hydrogens is 219 g/mol. The van der Waals surface area contributed by atoms with Gasteiger partial charge in [0.05, 0.1) is 12.7 Å². The van der Waals surface area contributed by atoms with E-state index in [0.29, 0.717) is 19.1 Å². The lowest BCUT2D eigenvalue weighted by molar-refractivity contribution is -0.111. The van der Waals surface area contributed by atoms with Crippen molar-refractivity contribution in [3.63, 3.8) is 0 Å². The SMILES string of the molecule is COC[C@H]1OC[C@@H](C)C[C@H]1OP(C)(=O)O. The molecule has 0 aromatic rings. The molecule has 0 saturated carbocycles. The lowest BCUT2D eigenvalue weighted by Crippen LogP contribution is -2.41. The highest BCUT2D eigenvalue weighted by molar-refractivity contribution is 7.51. The number of hydrogen-bond acceptors (Lipinski definition) is 4. The highest BCUT2D eigenvalue weighted by atomic mass is 31.2. The van der Waals surface area contributed by atoms with E-state index in [1.807, 2.05) is 6.92 Å². The van der Waals surface area contributed by atoms with E-state index in [-0.39, 0.29) is 12.2 Å². The fourth-order valence-electron chi connectivity index (χ4n) is 1.69. The summed E-state index contributed by atoms with van der Waals surface area (Å²) in [5.74, 6) is 0.342. The molecule has 1 saturated heterocycles. The number of ether oxygens (including phenoxy) is 2. The Labute approximate surface area is 90.3 Å². The average molecular weight is 238 g/mol. The topological polar surface area (TPSA) is 65.0 Å². The summed E-state index contributed by atoms with van der Waals surface area (Å²) in [4.78, 5) is 9.18. The third-order valence-electron chi connectivity index (χ3n) is 2.31. The average Bonchev–Trinajstić information content (AvgIpc) is 2.07. The lowest BCUT2D eigenvalue weighted by atomic mass is 9.98. The molecule has 0 radical (unpaired) electrons. The van der Waals surface area contributed by atoms with E-state index in [1.54, 1.807) is 7.11 Å². The third-order valence-corrected chi connectivity index (χ3v) is 2.97. The van der Waals surface area contributed by atoms with E-state index >= 15 is 0 Å². The standard InChI is InChI=1S/C9H19O5P/c1-7-4-8(14-15(3,10)11)9(6-12-2)13-5-7/h7-9H,4-6H2,1-3H3,(H,10,11)/t7-,8+,9+/m0/s1. The second-order valence-corrected chi connectivity index (χ2v) is 5.93. The zero-order chi connectivity index (χ0) is 11.5. The largest absolute Gasteiger partial charge is 0.382 e. The Hall–Kier alpha value is 0.0700. The van der Waals surface area contributed by atoms with E-state index in [4.69, 9.17) is 14.0 Å². The van der Waals surface area contributed by atoms with Crippen molar-refractivity contribution in [3.8, 4) is 0 Å². The van der Waals surface area contributed by atoms with Crippen LogP contribution in [0.4, 0.5) is 0 Å². The summed E-state index contributed by atoms with van der Waals surface area (Å²) in [6.07, 6.45) is 0.132. The Morgan fingerprint density at radius 1 is 1.60 bits per heavy atom. The third kappa shape index (κ3) is 4.62. The fourth-order valence-corrected chi connectivity index (χ4v) is 2.42. The van der Waals surface area contributed by atoms with Crippen molar-refractivity contribution < 1.29 is 23.5 Å². The van der Waals surface area contributed by atoms with Gasteiger partial charge in [-0.15, -0.1) is 0 Å². The molecule has 90 valence electrons. The second-order valence-electron chi connectivity index (χ2n) is 4.11. The van der Waals surface area contributed by atoms with Gasteiger partial charge in [-0.3, -0.25) is 4.57 Å². The van der Waals surface area contributed by atoms with Gasteiger partial charge in [0.15, 0.2) is 0 Å². The Bertz CT molecular complexity index is 239. The summed E-state index contributed by atoms with van der Waals surface area (Å²) >= 11 is 0. The summed E-state index contributed by atoms with van der Waals surface area (Å²) in [7, 11) is -1.88. The van der Waals surface area contributed by atoms with Gasteiger partial charge in [-0.25, -0.2) is 0 Å². The molecule has 0 amide bonds. The predicted molar refractivity (Wildman–Crippen MR) is 56.0 cm³/mol. The van der Waals surface area contributed by atoms with Crippen LogP contribution in [0.5, 0.6) is 0 Å². The normalized spacial score (nSPS) is 36.1. The van der Waals surface area contributed by atoms with Gasteiger partial charge < -0.3 is 18.9 Å². The summed E-state index contributed by atoms with van der Waals surface area (Å²) in [5, 5.41) is 0. The van der Waals surface area contributed by atoms with Crippen LogP contribution < -0.4 is 0 Å². The first kappa shape index (κ1) is 13.1. The molecule has 0 aromatic heterocycles. The highest BCUT2D eigenvalue weighted by Gasteiger charge is 2.33. The van der Waals surface area contributed by atoms with Crippen LogP contribution in [-0.2, 0) is 18.6 Å². The van der Waals surface area contributed by atoms with Gasteiger partial charge in [0.25, 0.3) is 0 Å². The molecule has 0 aromatic carbocycles. The zero-order valence-electron chi connectivity index (χ0n) is 9.38. The summed E-state index contributed by atoms with van der Waals surface area (Å²) in [6, 6.07) is 0. The summed E-state index contributed by atoms with van der Waals surface area (Å²) in [6.45, 7) is 4.25. The number of rotatable bonds is 4. The Morgan fingerprint density at radius 2 is 2.27 bits per heavy atom. The van der Waals surface area contributed by atoms with Gasteiger partial charge in [0.1, 0.15) is 6.10 Å². The van der Waals surface area contributed by atoms with Gasteiger partial charge in [0, 0.05) is 20.4 Å². The van der Waals surface area contributed by atoms with Crippen LogP contribution in [0.25, 0.3) is 0 Å². The molecule has 1 fully saturated rings. The minimum atomic E-state index is -3.46. The maximum absolute atomic E-state index is 11.2. The molecule has 4 atom stereocenters. The Kier molecular flexibility index (Phi) is 4.74. The maximum Gasteiger partial charge on any atom is 0.325 e. The van der Waals surface area contributed by atoms with Crippen LogP contribution in [0.15, 0.2) is 0 Å². The molecule has 0 bridgehead atoms. The van der Waals surface area contributed by atoms with Crippen LogP contribution >= 0.6 is 7.60 Å². The quantitative estimate of drug-likeness (QED) is 0.747. The van der Waals surface area contributed by atoms with Crippen LogP contribution in [0, 0.1) is 5.92 Å². The van der Waals surface area contributed by atoms with Crippen molar-refractivity contribution in [1.29, 1.82) is 0 Å². The first-order chi connectivity index (χ1) is 6.92. The highest BCUT2D eigenvalue weighted by Crippen LogP contribution is 2.41. The Balaban J connectivity index is 2.57. The van der Waals surface area contributed by atoms with Gasteiger partial charge in [-0.1, -0.05) is 6.92 Å². The molecule has 1 unspecified atom stereocenters. The number of methoxy groups -OCH3 is 1. The van der Waals surface area contributed by atoms with Gasteiger partial charge in [0.2, 0.25) is 0 Å². The molecule has 1 rings (SSSR count). The van der Waals surface area contributed by atoms with Crippen molar-refractivity contribution >= 4 is 7.60 Å². The molecule has 1 aliphatic heterocycles. The summed E-state index contributed by atoms with van der Waals surface area (Å²) < 4.78 is 26.8. The summed E-state index contributed by atoms with van der Waals surface area (Å²) in [5.41, 5.74) is 0. The van der Waals surface area contributed by atoms with Crippen LogP contribution in [0.1, 0.15) is 13.3 Å². The van der Waals surface area contributed by atoms with Crippen molar-refractivity contribution in [3.05, 3.63) is 0 Å². The molecule has 1 heterocycles. The van der Waals surface area contributed by atoms with Crippen molar-refractivity contribution in [2.75, 3.05) is 27.0 Å².